The predicted molar refractivity (Wildman–Crippen MR) is 131 cm³/mol. The summed E-state index contributed by atoms with van der Waals surface area (Å²) in [5, 5.41) is 5.58. The maximum absolute atomic E-state index is 12.6. The molecule has 1 aliphatic heterocycles. The number of rotatable bonds is 9. The van der Waals surface area contributed by atoms with Crippen molar-refractivity contribution < 1.29 is 22.8 Å². The van der Waals surface area contributed by atoms with Gasteiger partial charge in [-0.15, -0.1) is 0 Å². The highest BCUT2D eigenvalue weighted by Gasteiger charge is 2.27. The number of carbonyl (C=O) groups is 3. The lowest BCUT2D eigenvalue weighted by Gasteiger charge is -2.33. The summed E-state index contributed by atoms with van der Waals surface area (Å²) in [5.41, 5.74) is 7.80. The number of amides is 3. The minimum atomic E-state index is -3.97. The second-order valence-electron chi connectivity index (χ2n) is 8.12. The van der Waals surface area contributed by atoms with Gasteiger partial charge in [0.1, 0.15) is 0 Å². The van der Waals surface area contributed by atoms with Gasteiger partial charge in [-0.3, -0.25) is 14.4 Å². The standard InChI is InChI=1S/C22H25Cl2N5O5S/c1-29-11-17(16-6-14(23)7-19(24)18(16)12-29)13-2-4-15(5-3-13)35(33,34)28-10-22(32)27-9-21(31)26-8-20(25)30/h2-7,17,28H,8-12H2,1H3,(H2,25,30)(H,26,31)(H,27,32). The number of fused-ring (bicyclic) bond motifs is 1. The fraction of sp³-hybridized carbons (Fsp3) is 0.318. The molecule has 0 aromatic heterocycles. The van der Waals surface area contributed by atoms with Crippen LogP contribution in [0.15, 0.2) is 41.3 Å². The van der Waals surface area contributed by atoms with Crippen molar-refractivity contribution in [2.45, 2.75) is 17.4 Å². The summed E-state index contributed by atoms with van der Waals surface area (Å²) in [4.78, 5) is 36.1. The molecule has 0 saturated carbocycles. The molecule has 3 amide bonds. The summed E-state index contributed by atoms with van der Waals surface area (Å²) in [6.45, 7) is 0.0489. The van der Waals surface area contributed by atoms with Gasteiger partial charge in [0.2, 0.25) is 27.7 Å². The van der Waals surface area contributed by atoms with Crippen LogP contribution in [-0.4, -0.2) is 64.3 Å². The van der Waals surface area contributed by atoms with Crippen LogP contribution in [-0.2, 0) is 31.0 Å². The molecule has 2 aromatic carbocycles. The van der Waals surface area contributed by atoms with Crippen LogP contribution in [0.2, 0.25) is 10.0 Å². The first-order valence-electron chi connectivity index (χ1n) is 10.5. The van der Waals surface area contributed by atoms with Crippen molar-refractivity contribution in [2.24, 2.45) is 5.73 Å². The van der Waals surface area contributed by atoms with E-state index in [0.29, 0.717) is 23.1 Å². The molecule has 0 aliphatic carbocycles. The van der Waals surface area contributed by atoms with Crippen LogP contribution in [0.3, 0.4) is 0 Å². The zero-order valence-corrected chi connectivity index (χ0v) is 21.1. The maximum atomic E-state index is 12.6. The van der Waals surface area contributed by atoms with E-state index in [1.807, 2.05) is 13.1 Å². The molecule has 0 spiro atoms. The molecule has 35 heavy (non-hydrogen) atoms. The second kappa shape index (κ2) is 11.4. The highest BCUT2D eigenvalue weighted by atomic mass is 35.5. The maximum Gasteiger partial charge on any atom is 0.241 e. The SMILES string of the molecule is CN1Cc2c(Cl)cc(Cl)cc2C(c2ccc(S(=O)(=O)NCC(=O)NCC(=O)NCC(N)=O)cc2)C1. The molecule has 5 N–H and O–H groups in total. The molecule has 0 saturated heterocycles. The number of benzene rings is 2. The molecule has 0 radical (unpaired) electrons. The molecule has 1 atom stereocenters. The van der Waals surface area contributed by atoms with Crippen LogP contribution in [0, 0.1) is 0 Å². The van der Waals surface area contributed by atoms with Gasteiger partial charge in [-0.05, 0) is 48.0 Å². The summed E-state index contributed by atoms with van der Waals surface area (Å²) in [6, 6.07) is 9.98. The Morgan fingerprint density at radius 1 is 1.03 bits per heavy atom. The van der Waals surface area contributed by atoms with Gasteiger partial charge in [0.25, 0.3) is 0 Å². The molecule has 0 bridgehead atoms. The Morgan fingerprint density at radius 2 is 1.66 bits per heavy atom. The van der Waals surface area contributed by atoms with Gasteiger partial charge >= 0.3 is 0 Å². The minimum absolute atomic E-state index is 0.0123. The molecule has 1 unspecified atom stereocenters. The predicted octanol–water partition coefficient (Wildman–Crippen LogP) is 0.567. The fourth-order valence-electron chi connectivity index (χ4n) is 3.74. The first-order valence-corrected chi connectivity index (χ1v) is 12.8. The lowest BCUT2D eigenvalue weighted by Crippen LogP contribution is -2.43. The number of primary amides is 1. The molecule has 1 aliphatic rings. The van der Waals surface area contributed by atoms with Crippen molar-refractivity contribution in [3.63, 3.8) is 0 Å². The summed E-state index contributed by atoms with van der Waals surface area (Å²) >= 11 is 12.6. The Morgan fingerprint density at radius 3 is 2.31 bits per heavy atom. The van der Waals surface area contributed by atoms with Gasteiger partial charge in [0, 0.05) is 29.1 Å². The topological polar surface area (TPSA) is 151 Å². The van der Waals surface area contributed by atoms with E-state index in [9.17, 15) is 22.8 Å². The van der Waals surface area contributed by atoms with Crippen LogP contribution in [0.1, 0.15) is 22.6 Å². The van der Waals surface area contributed by atoms with Crippen molar-refractivity contribution in [1.29, 1.82) is 0 Å². The normalized spacial score (nSPS) is 15.8. The summed E-state index contributed by atoms with van der Waals surface area (Å²) in [5.74, 6) is -2.12. The van der Waals surface area contributed by atoms with E-state index in [-0.39, 0.29) is 17.4 Å². The van der Waals surface area contributed by atoms with Crippen LogP contribution < -0.4 is 21.1 Å². The smallest absolute Gasteiger partial charge is 0.241 e. The van der Waals surface area contributed by atoms with E-state index in [0.717, 1.165) is 16.7 Å². The van der Waals surface area contributed by atoms with E-state index in [2.05, 4.69) is 20.3 Å². The van der Waals surface area contributed by atoms with E-state index in [4.69, 9.17) is 28.9 Å². The molecular formula is C22H25Cl2N5O5S. The Kier molecular flexibility index (Phi) is 8.73. The monoisotopic (exact) mass is 541 g/mol. The van der Waals surface area contributed by atoms with E-state index < -0.39 is 40.8 Å². The third-order valence-electron chi connectivity index (χ3n) is 5.41. The second-order valence-corrected chi connectivity index (χ2v) is 10.7. The molecular weight excluding hydrogens is 517 g/mol. The third-order valence-corrected chi connectivity index (χ3v) is 7.39. The number of hydrogen-bond acceptors (Lipinski definition) is 6. The summed E-state index contributed by atoms with van der Waals surface area (Å²) in [6.07, 6.45) is 0. The highest BCUT2D eigenvalue weighted by molar-refractivity contribution is 7.89. The van der Waals surface area contributed by atoms with Gasteiger partial charge < -0.3 is 21.3 Å². The van der Waals surface area contributed by atoms with Crippen molar-refractivity contribution in [3.8, 4) is 0 Å². The van der Waals surface area contributed by atoms with Crippen molar-refractivity contribution in [3.05, 3.63) is 63.1 Å². The molecule has 13 heteroatoms. The largest absolute Gasteiger partial charge is 0.368 e. The fourth-order valence-corrected chi connectivity index (χ4v) is 5.29. The van der Waals surface area contributed by atoms with Crippen molar-refractivity contribution in [1.82, 2.24) is 20.3 Å². The third kappa shape index (κ3) is 7.15. The number of sulfonamides is 1. The van der Waals surface area contributed by atoms with Crippen LogP contribution in [0.5, 0.6) is 0 Å². The number of carbonyl (C=O) groups excluding carboxylic acids is 3. The highest BCUT2D eigenvalue weighted by Crippen LogP contribution is 2.38. The molecule has 2 aromatic rings. The molecule has 188 valence electrons. The quantitative estimate of drug-likeness (QED) is 0.364. The Labute approximate surface area is 213 Å². The van der Waals surface area contributed by atoms with Gasteiger partial charge in [-0.1, -0.05) is 35.3 Å². The lowest BCUT2D eigenvalue weighted by atomic mass is 9.85. The number of likely N-dealkylation sites (N-methyl/N-ethyl adjacent to an activating group) is 1. The van der Waals surface area contributed by atoms with Crippen LogP contribution in [0.25, 0.3) is 0 Å². The van der Waals surface area contributed by atoms with Gasteiger partial charge in [-0.25, -0.2) is 13.1 Å². The summed E-state index contributed by atoms with van der Waals surface area (Å²) in [7, 11) is -1.99. The van der Waals surface area contributed by atoms with Crippen LogP contribution >= 0.6 is 23.2 Å². The average molecular weight is 542 g/mol. The number of halogens is 2. The Hall–Kier alpha value is -2.70. The Bertz CT molecular complexity index is 1240. The first-order chi connectivity index (χ1) is 16.5. The zero-order valence-electron chi connectivity index (χ0n) is 18.8. The van der Waals surface area contributed by atoms with E-state index in [1.54, 1.807) is 18.2 Å². The van der Waals surface area contributed by atoms with Crippen molar-refractivity contribution in [2.75, 3.05) is 33.2 Å². The number of nitrogens with two attached hydrogens (primary N) is 1. The molecule has 0 fully saturated rings. The Balaban J connectivity index is 1.64. The van der Waals surface area contributed by atoms with Gasteiger partial charge in [0.15, 0.2) is 0 Å². The van der Waals surface area contributed by atoms with Crippen molar-refractivity contribution >= 4 is 50.9 Å². The molecule has 1 heterocycles. The zero-order chi connectivity index (χ0) is 25.8. The van der Waals surface area contributed by atoms with Gasteiger partial charge in [-0.2, -0.15) is 0 Å². The van der Waals surface area contributed by atoms with E-state index >= 15 is 0 Å². The number of nitrogens with zero attached hydrogens (tertiary/aromatic N) is 1. The lowest BCUT2D eigenvalue weighted by molar-refractivity contribution is -0.126. The molecule has 10 nitrogen and oxygen atoms in total. The minimum Gasteiger partial charge on any atom is -0.368 e. The first kappa shape index (κ1) is 26.9. The molecule has 3 rings (SSSR count). The number of nitrogens with one attached hydrogen (secondary N) is 3. The van der Waals surface area contributed by atoms with E-state index in [1.165, 1.54) is 12.1 Å². The van der Waals surface area contributed by atoms with Crippen LogP contribution in [0.4, 0.5) is 0 Å². The van der Waals surface area contributed by atoms with Gasteiger partial charge in [0.05, 0.1) is 24.5 Å². The number of hydrogen-bond donors (Lipinski definition) is 4. The average Bonchev–Trinajstić information content (AvgIpc) is 2.80. The summed E-state index contributed by atoms with van der Waals surface area (Å²) < 4.78 is 27.4.